The number of amides is 2. The van der Waals surface area contributed by atoms with E-state index in [9.17, 15) is 29.4 Å². The van der Waals surface area contributed by atoms with Gasteiger partial charge in [-0.1, -0.05) is 25.3 Å². The average molecular weight is 599 g/mol. The van der Waals surface area contributed by atoms with Crippen molar-refractivity contribution in [3.8, 4) is 0 Å². The molecule has 228 valence electrons. The van der Waals surface area contributed by atoms with E-state index in [0.29, 0.717) is 55.7 Å². The zero-order valence-electron chi connectivity index (χ0n) is 25.0. The number of ether oxygens (including phenoxy) is 1. The topological polar surface area (TPSA) is 170 Å². The van der Waals surface area contributed by atoms with Crippen LogP contribution in [0.2, 0.25) is 0 Å². The molecule has 2 unspecified atom stereocenters. The largest absolute Gasteiger partial charge is 0.481 e. The molecule has 0 bridgehead atoms. The lowest BCUT2D eigenvalue weighted by molar-refractivity contribution is -0.138. The Morgan fingerprint density at radius 1 is 1.00 bits per heavy atom. The van der Waals surface area contributed by atoms with E-state index in [1.807, 2.05) is 19.9 Å². The number of H-pyrrole nitrogens is 1. The molecule has 5 N–H and O–H groups in total. The fraction of sp³-hybridized carbons (Fsp3) is 0.303. The summed E-state index contributed by atoms with van der Waals surface area (Å²) in [6, 6.07) is 0. The van der Waals surface area contributed by atoms with Crippen LogP contribution in [0.5, 0.6) is 0 Å². The Kier molecular flexibility index (Phi) is 7.54. The summed E-state index contributed by atoms with van der Waals surface area (Å²) in [7, 11) is 0. The molecule has 1 aromatic heterocycles. The molecule has 4 aliphatic heterocycles. The van der Waals surface area contributed by atoms with Crippen LogP contribution in [0.15, 0.2) is 75.6 Å². The number of carbonyl (C=O) groups is 4. The average Bonchev–Trinajstić information content (AvgIpc) is 3.62. The molecule has 4 aliphatic rings. The number of hydrogen-bond donors (Lipinski definition) is 5. The van der Waals surface area contributed by atoms with Crippen LogP contribution < -0.4 is 21.3 Å². The van der Waals surface area contributed by atoms with Gasteiger partial charge in [-0.2, -0.15) is 0 Å². The lowest BCUT2D eigenvalue weighted by atomic mass is 9.91. The van der Waals surface area contributed by atoms with E-state index in [0.717, 1.165) is 11.1 Å². The number of hydrogen-bond acceptors (Lipinski definition) is 6. The zero-order chi connectivity index (χ0) is 32.1. The predicted octanol–water partition coefficient (Wildman–Crippen LogP) is 2.11. The maximum atomic E-state index is 12.6. The summed E-state index contributed by atoms with van der Waals surface area (Å²) >= 11 is 0. The highest BCUT2D eigenvalue weighted by Gasteiger charge is 2.57. The van der Waals surface area contributed by atoms with Crippen LogP contribution in [0.25, 0.3) is 12.2 Å². The molecule has 1 aromatic rings. The number of carbonyl (C=O) groups excluding carboxylic acids is 2. The number of allylic oxidation sites excluding steroid dienone is 2. The van der Waals surface area contributed by atoms with Crippen molar-refractivity contribution < 1.29 is 34.1 Å². The van der Waals surface area contributed by atoms with Gasteiger partial charge in [-0.25, -0.2) is 4.99 Å². The van der Waals surface area contributed by atoms with E-state index in [-0.39, 0.29) is 37.5 Å². The number of carboxylic acids is 2. The number of nitrogens with zero attached hydrogens (tertiary/aromatic N) is 1. The molecule has 5 heterocycles. The first-order chi connectivity index (χ1) is 20.7. The van der Waals surface area contributed by atoms with Gasteiger partial charge in [0.25, 0.3) is 5.91 Å². The Bertz CT molecular complexity index is 1870. The molecule has 44 heavy (non-hydrogen) atoms. The van der Waals surface area contributed by atoms with E-state index in [1.54, 1.807) is 32.1 Å². The van der Waals surface area contributed by atoms with Gasteiger partial charge in [-0.3, -0.25) is 19.2 Å². The first-order valence-corrected chi connectivity index (χ1v) is 14.2. The molecular weight excluding hydrogens is 564 g/mol. The van der Waals surface area contributed by atoms with Crippen molar-refractivity contribution >= 4 is 41.6 Å². The maximum absolute atomic E-state index is 12.6. The number of aliphatic carboxylic acids is 2. The maximum Gasteiger partial charge on any atom is 0.303 e. The minimum atomic E-state index is -1.24. The number of carboxylic acid groups (broad SMARTS) is 2. The Balaban J connectivity index is 1.65. The summed E-state index contributed by atoms with van der Waals surface area (Å²) in [4.78, 5) is 55.6. The third-order valence-electron chi connectivity index (χ3n) is 8.69. The number of aliphatic imine (C=N–C) groups is 1. The lowest BCUT2D eigenvalue weighted by Crippen LogP contribution is -2.47. The van der Waals surface area contributed by atoms with Crippen LogP contribution in [0.4, 0.5) is 0 Å². The highest BCUT2D eigenvalue weighted by Crippen LogP contribution is 2.50. The van der Waals surface area contributed by atoms with Gasteiger partial charge in [0.05, 0.1) is 11.4 Å². The van der Waals surface area contributed by atoms with Gasteiger partial charge >= 0.3 is 11.9 Å². The van der Waals surface area contributed by atoms with Crippen molar-refractivity contribution in [3.05, 3.63) is 92.5 Å². The lowest BCUT2D eigenvalue weighted by Gasteiger charge is -2.32. The second-order valence-corrected chi connectivity index (χ2v) is 11.3. The van der Waals surface area contributed by atoms with E-state index in [1.165, 1.54) is 6.08 Å². The van der Waals surface area contributed by atoms with Crippen LogP contribution in [0, 0.1) is 6.92 Å². The van der Waals surface area contributed by atoms with Gasteiger partial charge in [0.1, 0.15) is 5.60 Å². The number of aromatic nitrogens is 1. The minimum absolute atomic E-state index is 0.111. The highest BCUT2D eigenvalue weighted by atomic mass is 16.5. The summed E-state index contributed by atoms with van der Waals surface area (Å²) in [5, 5.41) is 26.6. The van der Waals surface area contributed by atoms with Gasteiger partial charge in [0.15, 0.2) is 5.72 Å². The molecule has 5 rings (SSSR count). The molecule has 1 spiro atoms. The third-order valence-corrected chi connectivity index (χ3v) is 8.69. The summed E-state index contributed by atoms with van der Waals surface area (Å²) < 4.78 is 6.61. The molecule has 0 aromatic carbocycles. The van der Waals surface area contributed by atoms with E-state index < -0.39 is 23.3 Å². The van der Waals surface area contributed by atoms with Crippen LogP contribution in [0.3, 0.4) is 0 Å². The van der Waals surface area contributed by atoms with Crippen LogP contribution >= 0.6 is 0 Å². The number of fused-ring (bicyclic) bond motifs is 1. The van der Waals surface area contributed by atoms with E-state index in [2.05, 4.69) is 33.8 Å². The first kappa shape index (κ1) is 30.4. The highest BCUT2D eigenvalue weighted by molar-refractivity contribution is 6.31. The quantitative estimate of drug-likeness (QED) is 0.273. The van der Waals surface area contributed by atoms with Crippen molar-refractivity contribution in [1.29, 1.82) is 0 Å². The molecule has 11 nitrogen and oxygen atoms in total. The zero-order valence-corrected chi connectivity index (χ0v) is 25.0. The number of nitrogens with one attached hydrogen (secondary N) is 3. The van der Waals surface area contributed by atoms with Crippen LogP contribution in [-0.4, -0.2) is 56.0 Å². The van der Waals surface area contributed by atoms with Gasteiger partial charge in [0, 0.05) is 46.0 Å². The van der Waals surface area contributed by atoms with Crippen molar-refractivity contribution in [2.75, 3.05) is 0 Å². The summed E-state index contributed by atoms with van der Waals surface area (Å²) in [6.45, 7) is 14.7. The van der Waals surface area contributed by atoms with Gasteiger partial charge in [-0.15, -0.1) is 0 Å². The summed E-state index contributed by atoms with van der Waals surface area (Å²) in [5.41, 5.74) is 3.78. The normalized spacial score (nSPS) is 25.2. The smallest absolute Gasteiger partial charge is 0.303 e. The molecule has 0 fully saturated rings. The molecule has 2 amide bonds. The standard InChI is InChI=1S/C33H34N4O7/c1-7-19-16(3)24(36-31(19)43)13-23-17(4)20(9-11-28(38)39)25(34-23)14-26-22(10-12-29(40)41)32(6)27(35-26)15-33(44-32)21(8-2)18(5)30(42)37-33/h7-8,13-15,34-35H,1-2,9-12H2,3-6H3,(H,37,42)(H,38,39)(H,40,41)/b23-13+,25-14-. The van der Waals surface area contributed by atoms with Crippen molar-refractivity contribution in [1.82, 2.24) is 15.6 Å². The molecule has 0 radical (unpaired) electrons. The molecular formula is C33H34N4O7. The van der Waals surface area contributed by atoms with E-state index in [4.69, 9.17) is 4.74 Å². The number of aromatic amines is 1. The second-order valence-electron chi connectivity index (χ2n) is 11.3. The fourth-order valence-electron chi connectivity index (χ4n) is 6.28. The predicted molar refractivity (Wildman–Crippen MR) is 163 cm³/mol. The van der Waals surface area contributed by atoms with Crippen LogP contribution in [0.1, 0.15) is 51.2 Å². The molecule has 2 atom stereocenters. The van der Waals surface area contributed by atoms with Crippen molar-refractivity contribution in [3.63, 3.8) is 0 Å². The number of rotatable bonds is 10. The Hall–Kier alpha value is -5.03. The molecule has 11 heteroatoms. The summed E-state index contributed by atoms with van der Waals surface area (Å²) in [6.07, 6.45) is 8.51. The minimum Gasteiger partial charge on any atom is -0.481 e. The monoisotopic (exact) mass is 598 g/mol. The third kappa shape index (κ3) is 4.88. The molecule has 0 saturated heterocycles. The van der Waals surface area contributed by atoms with Crippen molar-refractivity contribution in [2.24, 2.45) is 4.99 Å². The molecule has 0 aliphatic carbocycles. The SMILES string of the molecule is C=CC1=C(C)C(/C=c2/[nH]/c(=C\C3=C(CCC(=O)O)C4(C)OC5(C=C4N3)NC(=O)C(C)=C5C=C)c(CCC(=O)O)c2C)=NC1=O. The summed E-state index contributed by atoms with van der Waals surface area (Å²) in [5.74, 6) is -2.58. The van der Waals surface area contributed by atoms with Gasteiger partial charge in [-0.05, 0) is 81.0 Å². The van der Waals surface area contributed by atoms with Crippen molar-refractivity contribution in [2.45, 2.75) is 64.7 Å². The Morgan fingerprint density at radius 3 is 2.30 bits per heavy atom. The second kappa shape index (κ2) is 10.9. The van der Waals surface area contributed by atoms with E-state index >= 15 is 0 Å². The Morgan fingerprint density at radius 2 is 1.68 bits per heavy atom. The fourth-order valence-corrected chi connectivity index (χ4v) is 6.28. The Labute approximate surface area is 253 Å². The first-order valence-electron chi connectivity index (χ1n) is 14.2. The van der Waals surface area contributed by atoms with Gasteiger partial charge in [0.2, 0.25) is 5.91 Å². The molecule has 0 saturated carbocycles. The van der Waals surface area contributed by atoms with Crippen LogP contribution in [-0.2, 0) is 30.3 Å². The van der Waals surface area contributed by atoms with Gasteiger partial charge < -0.3 is 30.6 Å².